The summed E-state index contributed by atoms with van der Waals surface area (Å²) in [5.41, 5.74) is 2.39. The van der Waals surface area contributed by atoms with E-state index >= 15 is 0 Å². The van der Waals surface area contributed by atoms with Gasteiger partial charge in [-0.25, -0.2) is 4.79 Å². The lowest BCUT2D eigenvalue weighted by Gasteiger charge is -2.45. The quantitative estimate of drug-likeness (QED) is 0.596. The molecule has 1 fully saturated rings. The highest BCUT2D eigenvalue weighted by atomic mass is 16.5. The van der Waals surface area contributed by atoms with E-state index in [1.165, 1.54) is 24.3 Å². The highest BCUT2D eigenvalue weighted by Crippen LogP contribution is 2.32. The predicted molar refractivity (Wildman–Crippen MR) is 102 cm³/mol. The summed E-state index contributed by atoms with van der Waals surface area (Å²) in [6, 6.07) is 21.5. The van der Waals surface area contributed by atoms with Crippen molar-refractivity contribution in [3.8, 4) is 0 Å². The molecule has 1 aliphatic rings. The van der Waals surface area contributed by atoms with Crippen LogP contribution in [0.25, 0.3) is 0 Å². The second-order valence-electron chi connectivity index (χ2n) is 6.28. The van der Waals surface area contributed by atoms with Gasteiger partial charge in [0.2, 0.25) is 0 Å². The topological polar surface area (TPSA) is 65.4 Å². The van der Waals surface area contributed by atoms with E-state index in [0.29, 0.717) is 6.04 Å². The van der Waals surface area contributed by atoms with Gasteiger partial charge in [0.25, 0.3) is 0 Å². The zero-order valence-electron chi connectivity index (χ0n) is 14.8. The summed E-state index contributed by atoms with van der Waals surface area (Å²) in [5, 5.41) is 10.8. The second kappa shape index (κ2) is 8.45. The summed E-state index contributed by atoms with van der Waals surface area (Å²) in [6.07, 6.45) is 3.08. The van der Waals surface area contributed by atoms with Gasteiger partial charge < -0.3 is 10.1 Å². The van der Waals surface area contributed by atoms with E-state index in [-0.39, 0.29) is 11.8 Å². The predicted octanol–water partition coefficient (Wildman–Crippen LogP) is 2.76. The molecule has 0 aliphatic carbocycles. The average Bonchev–Trinajstić information content (AvgIpc) is 2.66. The van der Waals surface area contributed by atoms with Crippen LogP contribution in [0.15, 0.2) is 72.9 Å². The molecule has 0 atom stereocenters. The summed E-state index contributed by atoms with van der Waals surface area (Å²) in [4.78, 5) is 13.6. The Kier molecular flexibility index (Phi) is 5.81. The van der Waals surface area contributed by atoms with Crippen molar-refractivity contribution >= 4 is 11.7 Å². The maximum absolute atomic E-state index is 11.2. The Hall–Kier alpha value is -2.92. The molecule has 26 heavy (non-hydrogen) atoms. The number of hydrogen-bond donors (Lipinski definition) is 2. The molecule has 1 saturated heterocycles. The normalized spacial score (nSPS) is 15.0. The molecule has 0 spiro atoms. The first-order valence-electron chi connectivity index (χ1n) is 8.62. The van der Waals surface area contributed by atoms with Gasteiger partial charge in [-0.3, -0.25) is 10.3 Å². The fourth-order valence-corrected chi connectivity index (χ4v) is 3.16. The number of hydrogen-bond acceptors (Lipinski definition) is 5. The van der Waals surface area contributed by atoms with Crippen molar-refractivity contribution in [2.45, 2.75) is 12.1 Å². The molecule has 1 heterocycles. The molecule has 2 aromatic rings. The minimum Gasteiger partial charge on any atom is -0.464 e. The number of rotatable bonds is 7. The summed E-state index contributed by atoms with van der Waals surface area (Å²) in [5.74, 6) is -0.633. The van der Waals surface area contributed by atoms with Gasteiger partial charge in [0.05, 0.1) is 19.2 Å². The van der Waals surface area contributed by atoms with Gasteiger partial charge in [0, 0.05) is 13.1 Å². The van der Waals surface area contributed by atoms with E-state index < -0.39 is 5.97 Å². The summed E-state index contributed by atoms with van der Waals surface area (Å²) >= 11 is 0. The molecule has 1 aliphatic heterocycles. The van der Waals surface area contributed by atoms with Crippen LogP contribution in [0.1, 0.15) is 17.2 Å². The molecule has 2 aromatic carbocycles. The van der Waals surface area contributed by atoms with E-state index in [0.717, 1.165) is 13.1 Å². The van der Waals surface area contributed by atoms with Crippen LogP contribution in [0.3, 0.4) is 0 Å². The van der Waals surface area contributed by atoms with Crippen molar-refractivity contribution in [2.24, 2.45) is 0 Å². The monoisotopic (exact) mass is 349 g/mol. The molecule has 0 unspecified atom stereocenters. The standard InChI is InChI=1S/C21H23N3O2/c1-26-21(25)19(22)12-13-23-18-14-24(15-18)20(16-8-4-2-5-9-16)17-10-6-3-7-11-17/h2-13,18,20,22-23H,14-15H2,1H3/b13-12-,22-19?. The van der Waals surface area contributed by atoms with Gasteiger partial charge in [-0.2, -0.15) is 0 Å². The maximum Gasteiger partial charge on any atom is 0.355 e. The van der Waals surface area contributed by atoms with Crippen molar-refractivity contribution in [2.75, 3.05) is 20.2 Å². The van der Waals surface area contributed by atoms with Crippen molar-refractivity contribution < 1.29 is 9.53 Å². The maximum atomic E-state index is 11.2. The first kappa shape index (κ1) is 17.9. The second-order valence-corrected chi connectivity index (χ2v) is 6.28. The Bertz CT molecular complexity index is 729. The number of nitrogens with one attached hydrogen (secondary N) is 2. The zero-order chi connectivity index (χ0) is 18.4. The molecule has 134 valence electrons. The van der Waals surface area contributed by atoms with E-state index in [1.807, 2.05) is 12.1 Å². The van der Waals surface area contributed by atoms with E-state index in [4.69, 9.17) is 5.41 Å². The molecule has 0 bridgehead atoms. The van der Waals surface area contributed by atoms with Gasteiger partial charge >= 0.3 is 5.97 Å². The summed E-state index contributed by atoms with van der Waals surface area (Å²) in [7, 11) is 1.27. The van der Waals surface area contributed by atoms with Crippen LogP contribution in [0, 0.1) is 5.41 Å². The first-order chi connectivity index (χ1) is 12.7. The van der Waals surface area contributed by atoms with Crippen LogP contribution in [0.5, 0.6) is 0 Å². The number of benzene rings is 2. The minimum atomic E-state index is -0.633. The molecule has 0 saturated carbocycles. The number of carbonyl (C=O) groups is 1. The van der Waals surface area contributed by atoms with E-state index in [1.54, 1.807) is 6.20 Å². The number of esters is 1. The molecule has 5 heteroatoms. The Morgan fingerprint density at radius 1 is 1.12 bits per heavy atom. The average molecular weight is 349 g/mol. The Morgan fingerprint density at radius 3 is 2.15 bits per heavy atom. The number of likely N-dealkylation sites (tertiary alicyclic amines) is 1. The fourth-order valence-electron chi connectivity index (χ4n) is 3.16. The molecule has 0 aromatic heterocycles. The van der Waals surface area contributed by atoms with Crippen LogP contribution >= 0.6 is 0 Å². The summed E-state index contributed by atoms with van der Waals surface area (Å²) in [6.45, 7) is 1.79. The Balaban J connectivity index is 1.62. The summed E-state index contributed by atoms with van der Waals surface area (Å²) < 4.78 is 4.51. The zero-order valence-corrected chi connectivity index (χ0v) is 14.8. The smallest absolute Gasteiger partial charge is 0.355 e. The Morgan fingerprint density at radius 2 is 1.65 bits per heavy atom. The molecule has 3 rings (SSSR count). The number of carbonyl (C=O) groups excluding carboxylic acids is 1. The number of methoxy groups -OCH3 is 1. The fraction of sp³-hybridized carbons (Fsp3) is 0.238. The van der Waals surface area contributed by atoms with Crippen LogP contribution < -0.4 is 5.32 Å². The Labute approximate surface area is 153 Å². The van der Waals surface area contributed by atoms with Gasteiger partial charge in [0.15, 0.2) is 0 Å². The third-order valence-corrected chi connectivity index (χ3v) is 4.49. The largest absolute Gasteiger partial charge is 0.464 e. The molecule has 2 N–H and O–H groups in total. The molecular weight excluding hydrogens is 326 g/mol. The van der Waals surface area contributed by atoms with Gasteiger partial charge in [-0.1, -0.05) is 60.7 Å². The van der Waals surface area contributed by atoms with Gasteiger partial charge in [-0.15, -0.1) is 0 Å². The lowest BCUT2D eigenvalue weighted by molar-refractivity contribution is -0.132. The number of ether oxygens (including phenoxy) is 1. The minimum absolute atomic E-state index is 0.164. The van der Waals surface area contributed by atoms with Crippen molar-refractivity contribution in [3.05, 3.63) is 84.1 Å². The molecule has 5 nitrogen and oxygen atoms in total. The van der Waals surface area contributed by atoms with Crippen molar-refractivity contribution in [1.29, 1.82) is 5.41 Å². The van der Waals surface area contributed by atoms with E-state index in [9.17, 15) is 4.79 Å². The van der Waals surface area contributed by atoms with Crippen LogP contribution in [-0.4, -0.2) is 42.8 Å². The van der Waals surface area contributed by atoms with Gasteiger partial charge in [-0.05, 0) is 23.4 Å². The molecule has 0 radical (unpaired) electrons. The van der Waals surface area contributed by atoms with Gasteiger partial charge in [0.1, 0.15) is 5.71 Å². The molecular formula is C21H23N3O2. The highest BCUT2D eigenvalue weighted by Gasteiger charge is 2.33. The third-order valence-electron chi connectivity index (χ3n) is 4.49. The first-order valence-corrected chi connectivity index (χ1v) is 8.62. The van der Waals surface area contributed by atoms with Crippen LogP contribution in [0.2, 0.25) is 0 Å². The lowest BCUT2D eigenvalue weighted by Crippen LogP contribution is -2.57. The van der Waals surface area contributed by atoms with E-state index in [2.05, 4.69) is 63.5 Å². The highest BCUT2D eigenvalue weighted by molar-refractivity contribution is 6.39. The van der Waals surface area contributed by atoms with Crippen LogP contribution in [0.4, 0.5) is 0 Å². The van der Waals surface area contributed by atoms with Crippen molar-refractivity contribution in [1.82, 2.24) is 10.2 Å². The molecule has 0 amide bonds. The van der Waals surface area contributed by atoms with Crippen LogP contribution in [-0.2, 0) is 9.53 Å². The third kappa shape index (κ3) is 4.18. The number of nitrogens with zero attached hydrogens (tertiary/aromatic N) is 1. The van der Waals surface area contributed by atoms with Crippen molar-refractivity contribution in [3.63, 3.8) is 0 Å². The SMILES string of the molecule is COC(=O)C(=N)/C=C\NC1CN(C(c2ccccc2)c2ccccc2)C1. The lowest BCUT2D eigenvalue weighted by atomic mass is 9.93.